The number of nitrogens with one attached hydrogen (secondary N) is 2. The fourth-order valence-electron chi connectivity index (χ4n) is 3.38. The molecule has 1 aliphatic rings. The van der Waals surface area contributed by atoms with Gasteiger partial charge in [0.1, 0.15) is 18.1 Å². The van der Waals surface area contributed by atoms with Gasteiger partial charge in [0.15, 0.2) is 0 Å². The Morgan fingerprint density at radius 1 is 0.969 bits per heavy atom. The van der Waals surface area contributed by atoms with Gasteiger partial charge in [-0.2, -0.15) is 5.01 Å². The van der Waals surface area contributed by atoms with Crippen molar-refractivity contribution < 1.29 is 24.0 Å². The topological polar surface area (TPSA) is 145 Å². The SMILES string of the molecule is CC(C)[C@@H](C(=O)N(N=O)c1ccccc1)N1C(=O)[C@H](C)NC(=O)CCC(=O)N[C@@H](C)C1=O. The normalized spacial score (nSPS) is 21.3. The molecule has 0 saturated carbocycles. The summed E-state index contributed by atoms with van der Waals surface area (Å²) in [5, 5.41) is 8.29. The lowest BCUT2D eigenvalue weighted by Gasteiger charge is -2.36. The number of anilines is 1. The summed E-state index contributed by atoms with van der Waals surface area (Å²) in [5.74, 6) is -4.27. The summed E-state index contributed by atoms with van der Waals surface area (Å²) in [4.78, 5) is 76.3. The average Bonchev–Trinajstić information content (AvgIpc) is 2.76. The predicted octanol–water partition coefficient (Wildman–Crippen LogP) is 0.884. The van der Waals surface area contributed by atoms with Crippen LogP contribution >= 0.6 is 0 Å². The number of nitroso groups, excluding NO2 is 1. The second-order valence-corrected chi connectivity index (χ2v) is 7.88. The van der Waals surface area contributed by atoms with Crippen LogP contribution < -0.4 is 15.6 Å². The highest BCUT2D eigenvalue weighted by molar-refractivity contribution is 6.08. The second-order valence-electron chi connectivity index (χ2n) is 7.88. The first-order chi connectivity index (χ1) is 15.1. The first-order valence-corrected chi connectivity index (χ1v) is 10.3. The highest BCUT2D eigenvalue weighted by Gasteiger charge is 2.43. The van der Waals surface area contributed by atoms with Crippen molar-refractivity contribution in [3.8, 4) is 0 Å². The molecule has 0 aromatic heterocycles. The van der Waals surface area contributed by atoms with Gasteiger partial charge in [0.2, 0.25) is 11.8 Å². The van der Waals surface area contributed by atoms with E-state index in [0.29, 0.717) is 5.01 Å². The van der Waals surface area contributed by atoms with E-state index in [1.165, 1.54) is 26.0 Å². The molecule has 1 saturated heterocycles. The molecule has 0 unspecified atom stereocenters. The summed E-state index contributed by atoms with van der Waals surface area (Å²) in [7, 11) is 0. The van der Waals surface area contributed by atoms with E-state index in [1.54, 1.807) is 32.0 Å². The number of para-hydroxylation sites is 1. The molecule has 1 fully saturated rings. The zero-order chi connectivity index (χ0) is 24.0. The standard InChI is InChI=1S/C21H27N5O6/c1-12(2)18(21(31)26(24-32)15-8-6-5-7-9-15)25-19(29)13(3)22-16(27)10-11-17(28)23-14(4)20(25)30/h5-9,12-14,18H,10-11H2,1-4H3,(H,22,27)(H,23,28)/t13-,14-,18-/m0/s1. The quantitative estimate of drug-likeness (QED) is 0.391. The Morgan fingerprint density at radius 3 is 1.84 bits per heavy atom. The molecule has 3 atom stereocenters. The van der Waals surface area contributed by atoms with Crippen LogP contribution in [0, 0.1) is 10.8 Å². The highest BCUT2D eigenvalue weighted by atomic mass is 16.3. The van der Waals surface area contributed by atoms with Crippen LogP contribution in [0.3, 0.4) is 0 Å². The molecule has 0 aliphatic carbocycles. The van der Waals surface area contributed by atoms with Crippen LogP contribution in [0.5, 0.6) is 0 Å². The minimum atomic E-state index is -1.41. The molecule has 172 valence electrons. The van der Waals surface area contributed by atoms with E-state index in [0.717, 1.165) is 4.90 Å². The number of benzene rings is 1. The summed E-state index contributed by atoms with van der Waals surface area (Å²) in [6.45, 7) is 5.98. The molecule has 0 bridgehead atoms. The Hall–Kier alpha value is -3.63. The number of nitrogens with zero attached hydrogens (tertiary/aromatic N) is 3. The molecule has 5 amide bonds. The molecule has 0 spiro atoms. The summed E-state index contributed by atoms with van der Waals surface area (Å²) in [5.41, 5.74) is 0.165. The second kappa shape index (κ2) is 10.6. The van der Waals surface area contributed by atoms with Gasteiger partial charge in [-0.3, -0.25) is 28.9 Å². The number of hydrogen-bond donors (Lipinski definition) is 2. The van der Waals surface area contributed by atoms with Gasteiger partial charge in [-0.25, -0.2) is 0 Å². The van der Waals surface area contributed by atoms with Crippen LogP contribution in [-0.4, -0.2) is 52.6 Å². The van der Waals surface area contributed by atoms with E-state index in [1.807, 2.05) is 0 Å². The first kappa shape index (κ1) is 24.6. The monoisotopic (exact) mass is 445 g/mol. The number of carbonyl (C=O) groups excluding carboxylic acids is 5. The van der Waals surface area contributed by atoms with Crippen LogP contribution in [-0.2, 0) is 24.0 Å². The van der Waals surface area contributed by atoms with E-state index >= 15 is 0 Å². The maximum Gasteiger partial charge on any atom is 0.273 e. The number of rotatable bonds is 5. The van der Waals surface area contributed by atoms with Crippen LogP contribution in [0.2, 0.25) is 0 Å². The molecule has 1 aromatic rings. The molecule has 1 heterocycles. The van der Waals surface area contributed by atoms with Crippen molar-refractivity contribution in [3.63, 3.8) is 0 Å². The van der Waals surface area contributed by atoms with Crippen LogP contribution in [0.15, 0.2) is 35.6 Å². The van der Waals surface area contributed by atoms with Crippen molar-refractivity contribution in [3.05, 3.63) is 35.2 Å². The third-order valence-corrected chi connectivity index (χ3v) is 5.00. The number of imide groups is 1. The zero-order valence-corrected chi connectivity index (χ0v) is 18.4. The van der Waals surface area contributed by atoms with E-state index in [2.05, 4.69) is 15.9 Å². The Labute approximate surface area is 185 Å². The Morgan fingerprint density at radius 2 is 1.44 bits per heavy atom. The lowest BCUT2D eigenvalue weighted by atomic mass is 9.99. The predicted molar refractivity (Wildman–Crippen MR) is 115 cm³/mol. The van der Waals surface area contributed by atoms with Gasteiger partial charge in [-0.1, -0.05) is 32.0 Å². The zero-order valence-electron chi connectivity index (χ0n) is 18.4. The third kappa shape index (κ3) is 5.54. The van der Waals surface area contributed by atoms with Crippen molar-refractivity contribution in [1.29, 1.82) is 0 Å². The minimum absolute atomic E-state index is 0.159. The van der Waals surface area contributed by atoms with E-state index in [-0.39, 0.29) is 18.5 Å². The van der Waals surface area contributed by atoms with Crippen molar-refractivity contribution >= 4 is 35.2 Å². The molecule has 2 rings (SSSR count). The third-order valence-electron chi connectivity index (χ3n) is 5.00. The average molecular weight is 445 g/mol. The van der Waals surface area contributed by atoms with Crippen molar-refractivity contribution in [2.45, 2.75) is 58.7 Å². The van der Waals surface area contributed by atoms with Crippen molar-refractivity contribution in [2.24, 2.45) is 11.2 Å². The fraction of sp³-hybridized carbons (Fsp3) is 0.476. The molecule has 11 heteroatoms. The maximum atomic E-state index is 13.4. The molecule has 0 radical (unpaired) electrons. The summed E-state index contributed by atoms with van der Waals surface area (Å²) in [6, 6.07) is 4.16. The van der Waals surface area contributed by atoms with Crippen molar-refractivity contribution in [2.75, 3.05) is 5.01 Å². The molecular weight excluding hydrogens is 418 g/mol. The molecule has 11 nitrogen and oxygen atoms in total. The summed E-state index contributed by atoms with van der Waals surface area (Å²) >= 11 is 0. The molecule has 1 aromatic carbocycles. The van der Waals surface area contributed by atoms with E-state index < -0.39 is 53.6 Å². The Kier molecular flexibility index (Phi) is 8.16. The highest BCUT2D eigenvalue weighted by Crippen LogP contribution is 2.22. The Balaban J connectivity index is 2.54. The number of carbonyl (C=O) groups is 5. The Bertz CT molecular complexity index is 867. The van der Waals surface area contributed by atoms with Crippen LogP contribution in [0.25, 0.3) is 0 Å². The van der Waals surface area contributed by atoms with E-state index in [9.17, 15) is 28.9 Å². The molecule has 1 aliphatic heterocycles. The smallest absolute Gasteiger partial charge is 0.273 e. The fourth-order valence-corrected chi connectivity index (χ4v) is 3.38. The molecular formula is C21H27N5O6. The largest absolute Gasteiger partial charge is 0.345 e. The van der Waals surface area contributed by atoms with Gasteiger partial charge in [0.25, 0.3) is 17.7 Å². The van der Waals surface area contributed by atoms with Gasteiger partial charge in [0.05, 0.1) is 11.0 Å². The number of amides is 5. The van der Waals surface area contributed by atoms with Gasteiger partial charge in [-0.05, 0) is 31.9 Å². The molecule has 32 heavy (non-hydrogen) atoms. The van der Waals surface area contributed by atoms with Gasteiger partial charge < -0.3 is 10.6 Å². The summed E-state index contributed by atoms with van der Waals surface area (Å²) in [6.07, 6.45) is -0.318. The number of hydrogen-bond acceptors (Lipinski definition) is 7. The van der Waals surface area contributed by atoms with Gasteiger partial charge in [-0.15, -0.1) is 4.91 Å². The lowest BCUT2D eigenvalue weighted by molar-refractivity contribution is -0.156. The van der Waals surface area contributed by atoms with Gasteiger partial charge in [0, 0.05) is 12.8 Å². The minimum Gasteiger partial charge on any atom is -0.345 e. The molecule has 2 N–H and O–H groups in total. The lowest BCUT2D eigenvalue weighted by Crippen LogP contribution is -2.62. The van der Waals surface area contributed by atoms with Crippen LogP contribution in [0.4, 0.5) is 5.69 Å². The summed E-state index contributed by atoms with van der Waals surface area (Å²) < 4.78 is 0. The maximum absolute atomic E-state index is 13.4. The first-order valence-electron chi connectivity index (χ1n) is 10.3. The van der Waals surface area contributed by atoms with Gasteiger partial charge >= 0.3 is 0 Å². The van der Waals surface area contributed by atoms with Crippen molar-refractivity contribution in [1.82, 2.24) is 15.5 Å². The van der Waals surface area contributed by atoms with Crippen LogP contribution in [0.1, 0.15) is 40.5 Å². The van der Waals surface area contributed by atoms with E-state index in [4.69, 9.17) is 0 Å².